The highest BCUT2D eigenvalue weighted by molar-refractivity contribution is 5.91. The molecule has 1 aliphatic rings. The van der Waals surface area contributed by atoms with Gasteiger partial charge in [-0.3, -0.25) is 0 Å². The molecule has 11 heavy (non-hydrogen) atoms. The molecule has 0 saturated heterocycles. The van der Waals surface area contributed by atoms with Crippen molar-refractivity contribution in [3.05, 3.63) is 0 Å². The van der Waals surface area contributed by atoms with Crippen molar-refractivity contribution in [1.29, 1.82) is 0 Å². The minimum absolute atomic E-state index is 0.242. The second kappa shape index (κ2) is 2.84. The zero-order valence-electron chi connectivity index (χ0n) is 7.72. The molecular formula is C9H18N2. The fourth-order valence-electron chi connectivity index (χ4n) is 2.08. The van der Waals surface area contributed by atoms with E-state index in [0.29, 0.717) is 5.92 Å². The van der Waals surface area contributed by atoms with Crippen LogP contribution < -0.4 is 5.84 Å². The van der Waals surface area contributed by atoms with Crippen LogP contribution in [-0.4, -0.2) is 5.71 Å². The lowest BCUT2D eigenvalue weighted by Gasteiger charge is -2.34. The molecule has 0 spiro atoms. The highest BCUT2D eigenvalue weighted by Crippen LogP contribution is 2.35. The molecule has 0 aromatic heterocycles. The van der Waals surface area contributed by atoms with Crippen molar-refractivity contribution in [2.45, 2.75) is 40.0 Å². The smallest absolute Gasteiger partial charge is 0.0460 e. The van der Waals surface area contributed by atoms with Gasteiger partial charge in [-0.2, -0.15) is 5.10 Å². The predicted molar refractivity (Wildman–Crippen MR) is 48.4 cm³/mol. The number of hydrogen-bond donors (Lipinski definition) is 1. The zero-order valence-corrected chi connectivity index (χ0v) is 7.72. The third-order valence-corrected chi connectivity index (χ3v) is 2.74. The Balaban J connectivity index is 2.82. The van der Waals surface area contributed by atoms with Crippen LogP contribution in [0.25, 0.3) is 0 Å². The predicted octanol–water partition coefficient (Wildman–Crippen LogP) is 2.15. The van der Waals surface area contributed by atoms with Gasteiger partial charge in [0.05, 0.1) is 0 Å². The van der Waals surface area contributed by atoms with Gasteiger partial charge >= 0.3 is 0 Å². The summed E-state index contributed by atoms with van der Waals surface area (Å²) < 4.78 is 0. The molecule has 0 amide bonds. The Morgan fingerprint density at radius 3 is 2.55 bits per heavy atom. The van der Waals surface area contributed by atoms with Gasteiger partial charge in [0.2, 0.25) is 0 Å². The molecule has 0 aromatic rings. The Morgan fingerprint density at radius 1 is 1.55 bits per heavy atom. The van der Waals surface area contributed by atoms with E-state index in [9.17, 15) is 0 Å². The minimum atomic E-state index is 0.242. The van der Waals surface area contributed by atoms with Gasteiger partial charge in [-0.1, -0.05) is 27.2 Å². The first-order chi connectivity index (χ1) is 5.08. The number of hydrazone groups is 1. The summed E-state index contributed by atoms with van der Waals surface area (Å²) in [4.78, 5) is 0. The van der Waals surface area contributed by atoms with Crippen molar-refractivity contribution in [1.82, 2.24) is 0 Å². The van der Waals surface area contributed by atoms with E-state index in [0.717, 1.165) is 0 Å². The van der Waals surface area contributed by atoms with E-state index in [4.69, 9.17) is 5.84 Å². The van der Waals surface area contributed by atoms with Crippen molar-refractivity contribution in [2.24, 2.45) is 22.3 Å². The van der Waals surface area contributed by atoms with Crippen LogP contribution in [0.4, 0.5) is 0 Å². The quantitative estimate of drug-likeness (QED) is 0.421. The van der Waals surface area contributed by atoms with Gasteiger partial charge < -0.3 is 5.84 Å². The summed E-state index contributed by atoms with van der Waals surface area (Å²) in [5.41, 5.74) is 1.44. The molecule has 1 saturated carbocycles. The molecule has 1 unspecified atom stereocenters. The summed E-state index contributed by atoms with van der Waals surface area (Å²) in [5.74, 6) is 5.94. The summed E-state index contributed by atoms with van der Waals surface area (Å²) in [5, 5.41) is 3.90. The van der Waals surface area contributed by atoms with Crippen LogP contribution in [0.2, 0.25) is 0 Å². The number of nitrogens with two attached hydrogens (primary N) is 1. The largest absolute Gasteiger partial charge is 0.323 e. The van der Waals surface area contributed by atoms with E-state index >= 15 is 0 Å². The van der Waals surface area contributed by atoms with Crippen molar-refractivity contribution in [2.75, 3.05) is 0 Å². The molecule has 0 heterocycles. The van der Waals surface area contributed by atoms with Gasteiger partial charge in [-0.25, -0.2) is 0 Å². The van der Waals surface area contributed by atoms with E-state index in [1.807, 2.05) is 0 Å². The second-order valence-electron chi connectivity index (χ2n) is 4.19. The third-order valence-electron chi connectivity index (χ3n) is 2.74. The lowest BCUT2D eigenvalue weighted by Crippen LogP contribution is -2.34. The molecule has 2 N–H and O–H groups in total. The van der Waals surface area contributed by atoms with Gasteiger partial charge in [0.1, 0.15) is 0 Å². The number of nitrogens with zero attached hydrogens (tertiary/aromatic N) is 1. The standard InChI is InChI=1S/C9H18N2/c1-7-5-4-6-9(2,3)8(7)11-10/h7H,4-6,10H2,1-3H3. The minimum Gasteiger partial charge on any atom is -0.323 e. The molecule has 2 heteroatoms. The van der Waals surface area contributed by atoms with Crippen LogP contribution in [0.1, 0.15) is 40.0 Å². The number of hydrogen-bond acceptors (Lipinski definition) is 2. The normalized spacial score (nSPS) is 34.1. The van der Waals surface area contributed by atoms with E-state index in [1.54, 1.807) is 0 Å². The van der Waals surface area contributed by atoms with Crippen LogP contribution in [0.5, 0.6) is 0 Å². The zero-order chi connectivity index (χ0) is 8.48. The number of rotatable bonds is 0. The summed E-state index contributed by atoms with van der Waals surface area (Å²) in [6.45, 7) is 6.68. The molecule has 0 radical (unpaired) electrons. The van der Waals surface area contributed by atoms with Crippen LogP contribution in [0.3, 0.4) is 0 Å². The summed E-state index contributed by atoms with van der Waals surface area (Å²) in [6.07, 6.45) is 3.79. The SMILES string of the molecule is CC1CCCC(C)(C)C1=NN. The molecule has 1 atom stereocenters. The molecule has 0 bridgehead atoms. The van der Waals surface area contributed by atoms with Gasteiger partial charge in [-0.15, -0.1) is 0 Å². The first-order valence-corrected chi connectivity index (χ1v) is 4.36. The Bertz CT molecular complexity index is 170. The first kappa shape index (κ1) is 8.57. The van der Waals surface area contributed by atoms with E-state index in [2.05, 4.69) is 25.9 Å². The molecule has 1 aliphatic carbocycles. The highest BCUT2D eigenvalue weighted by Gasteiger charge is 2.32. The topological polar surface area (TPSA) is 38.4 Å². The maximum atomic E-state index is 5.36. The molecule has 0 aromatic carbocycles. The summed E-state index contributed by atoms with van der Waals surface area (Å²) in [7, 11) is 0. The Labute approximate surface area is 68.9 Å². The second-order valence-corrected chi connectivity index (χ2v) is 4.19. The van der Waals surface area contributed by atoms with E-state index < -0.39 is 0 Å². The van der Waals surface area contributed by atoms with Crippen LogP contribution >= 0.6 is 0 Å². The molecular weight excluding hydrogens is 136 g/mol. The molecule has 0 aliphatic heterocycles. The lowest BCUT2D eigenvalue weighted by molar-refractivity contribution is 0.370. The van der Waals surface area contributed by atoms with Crippen molar-refractivity contribution < 1.29 is 0 Å². The maximum Gasteiger partial charge on any atom is 0.0460 e. The van der Waals surface area contributed by atoms with Gasteiger partial charge in [-0.05, 0) is 18.8 Å². The van der Waals surface area contributed by atoms with Crippen LogP contribution in [0.15, 0.2) is 5.10 Å². The Kier molecular flexibility index (Phi) is 2.21. The van der Waals surface area contributed by atoms with Crippen LogP contribution in [-0.2, 0) is 0 Å². The van der Waals surface area contributed by atoms with E-state index in [-0.39, 0.29) is 5.41 Å². The van der Waals surface area contributed by atoms with Gasteiger partial charge in [0, 0.05) is 11.1 Å². The fourth-order valence-corrected chi connectivity index (χ4v) is 2.08. The van der Waals surface area contributed by atoms with Crippen molar-refractivity contribution in [3.63, 3.8) is 0 Å². The average molecular weight is 154 g/mol. The average Bonchev–Trinajstić information content (AvgIpc) is 1.86. The maximum absolute atomic E-state index is 5.36. The van der Waals surface area contributed by atoms with Crippen molar-refractivity contribution in [3.8, 4) is 0 Å². The molecule has 1 fully saturated rings. The molecule has 1 rings (SSSR count). The van der Waals surface area contributed by atoms with Gasteiger partial charge in [0.25, 0.3) is 0 Å². The summed E-state index contributed by atoms with van der Waals surface area (Å²) >= 11 is 0. The van der Waals surface area contributed by atoms with Gasteiger partial charge in [0.15, 0.2) is 0 Å². The van der Waals surface area contributed by atoms with Crippen LogP contribution in [0, 0.1) is 11.3 Å². The lowest BCUT2D eigenvalue weighted by atomic mass is 9.71. The van der Waals surface area contributed by atoms with Crippen molar-refractivity contribution >= 4 is 5.71 Å². The molecule has 64 valence electrons. The van der Waals surface area contributed by atoms with E-state index in [1.165, 1.54) is 25.0 Å². The Morgan fingerprint density at radius 2 is 2.18 bits per heavy atom. The highest BCUT2D eigenvalue weighted by atomic mass is 15.1. The monoisotopic (exact) mass is 154 g/mol. The fraction of sp³-hybridized carbons (Fsp3) is 0.889. The Hall–Kier alpha value is -0.530. The summed E-state index contributed by atoms with van der Waals surface area (Å²) in [6, 6.07) is 0. The molecule has 2 nitrogen and oxygen atoms in total. The first-order valence-electron chi connectivity index (χ1n) is 4.36. The third kappa shape index (κ3) is 1.55.